The zero-order chi connectivity index (χ0) is 25.0. The summed E-state index contributed by atoms with van der Waals surface area (Å²) in [5.41, 5.74) is 1.57. The largest absolute Gasteiger partial charge is 0.484 e. The van der Waals surface area contributed by atoms with Crippen LogP contribution in [0.4, 0.5) is 4.79 Å². The lowest BCUT2D eigenvalue weighted by Gasteiger charge is -2.34. The molecule has 1 aromatic heterocycles. The molecule has 3 aromatic rings. The van der Waals surface area contributed by atoms with Crippen LogP contribution in [0.5, 0.6) is 5.75 Å². The molecule has 8 heteroatoms. The third kappa shape index (κ3) is 6.83. The zero-order valence-electron chi connectivity index (χ0n) is 20.6. The summed E-state index contributed by atoms with van der Waals surface area (Å²) in [6.07, 6.45) is 3.97. The van der Waals surface area contributed by atoms with E-state index in [9.17, 15) is 4.79 Å². The number of aromatic nitrogens is 2. The van der Waals surface area contributed by atoms with E-state index < -0.39 is 5.60 Å². The van der Waals surface area contributed by atoms with Crippen LogP contribution in [-0.2, 0) is 17.9 Å². The number of ether oxygens (including phenoxy) is 2. The number of piperidine rings is 1. The number of carbonyl (C=O) groups excluding carboxylic acids is 1. The van der Waals surface area contributed by atoms with E-state index in [2.05, 4.69) is 10.6 Å². The van der Waals surface area contributed by atoms with Crippen LogP contribution in [0.25, 0.3) is 11.0 Å². The van der Waals surface area contributed by atoms with Gasteiger partial charge < -0.3 is 18.9 Å². The van der Waals surface area contributed by atoms with Gasteiger partial charge in [0.2, 0.25) is 0 Å². The highest BCUT2D eigenvalue weighted by atomic mass is 35.5. The van der Waals surface area contributed by atoms with Gasteiger partial charge >= 0.3 is 6.09 Å². The molecule has 1 fully saturated rings. The number of hydrogen-bond acceptors (Lipinski definition) is 4. The molecule has 1 aliphatic rings. The second kappa shape index (κ2) is 11.1. The van der Waals surface area contributed by atoms with Gasteiger partial charge in [0, 0.05) is 24.7 Å². The molecular formula is C27H33Cl2N3O3. The Labute approximate surface area is 217 Å². The number of benzene rings is 2. The van der Waals surface area contributed by atoms with Crippen molar-refractivity contribution in [3.63, 3.8) is 0 Å². The van der Waals surface area contributed by atoms with Crippen LogP contribution in [0.3, 0.4) is 0 Å². The summed E-state index contributed by atoms with van der Waals surface area (Å²) in [6.45, 7) is 8.39. The highest BCUT2D eigenvalue weighted by molar-refractivity contribution is 6.35. The van der Waals surface area contributed by atoms with Crippen molar-refractivity contribution in [1.82, 2.24) is 14.5 Å². The molecule has 0 saturated carbocycles. The van der Waals surface area contributed by atoms with E-state index in [1.54, 1.807) is 18.2 Å². The number of likely N-dealkylation sites (tertiary alicyclic amines) is 1. The van der Waals surface area contributed by atoms with Crippen LogP contribution in [0.15, 0.2) is 42.5 Å². The van der Waals surface area contributed by atoms with Crippen molar-refractivity contribution in [3.8, 4) is 5.75 Å². The van der Waals surface area contributed by atoms with Gasteiger partial charge in [-0.05, 0) is 82.7 Å². The monoisotopic (exact) mass is 517 g/mol. The summed E-state index contributed by atoms with van der Waals surface area (Å²) < 4.78 is 13.8. The van der Waals surface area contributed by atoms with E-state index in [4.69, 9.17) is 37.7 Å². The summed E-state index contributed by atoms with van der Waals surface area (Å²) in [7, 11) is 0. The lowest BCUT2D eigenvalue weighted by Crippen LogP contribution is -2.42. The number of amides is 1. The summed E-state index contributed by atoms with van der Waals surface area (Å²) in [5, 5.41) is 1.05. The van der Waals surface area contributed by atoms with Gasteiger partial charge in [0.05, 0.1) is 16.1 Å². The van der Waals surface area contributed by atoms with E-state index in [0.717, 1.165) is 62.2 Å². The minimum Gasteiger partial charge on any atom is -0.484 e. The Morgan fingerprint density at radius 1 is 1.17 bits per heavy atom. The molecule has 0 aliphatic carbocycles. The SMILES string of the molecule is CC(C)(C)OC(=O)N1CCCC(CCCn2c(COc3ccc(Cl)cc3Cl)nc3ccccc32)C1. The van der Waals surface area contributed by atoms with E-state index in [0.29, 0.717) is 28.3 Å². The Balaban J connectivity index is 1.39. The molecule has 0 radical (unpaired) electrons. The lowest BCUT2D eigenvalue weighted by molar-refractivity contribution is 0.0160. The fraction of sp³-hybridized carbons (Fsp3) is 0.481. The average molecular weight is 518 g/mol. The molecule has 188 valence electrons. The maximum atomic E-state index is 12.5. The van der Waals surface area contributed by atoms with Crippen molar-refractivity contribution >= 4 is 40.3 Å². The molecule has 1 aliphatic heterocycles. The van der Waals surface area contributed by atoms with Crippen LogP contribution in [0.1, 0.15) is 52.3 Å². The van der Waals surface area contributed by atoms with Gasteiger partial charge in [-0.25, -0.2) is 9.78 Å². The quantitative estimate of drug-likeness (QED) is 0.328. The molecule has 1 atom stereocenters. The first-order valence-electron chi connectivity index (χ1n) is 12.2. The molecule has 1 unspecified atom stereocenters. The first kappa shape index (κ1) is 25.6. The van der Waals surface area contributed by atoms with Gasteiger partial charge in [0.1, 0.15) is 23.8 Å². The van der Waals surface area contributed by atoms with Crippen LogP contribution >= 0.6 is 23.2 Å². The molecule has 1 saturated heterocycles. The fourth-order valence-electron chi connectivity index (χ4n) is 4.55. The van der Waals surface area contributed by atoms with Crippen molar-refractivity contribution in [2.75, 3.05) is 13.1 Å². The lowest BCUT2D eigenvalue weighted by atomic mass is 9.93. The van der Waals surface area contributed by atoms with E-state index in [1.807, 2.05) is 43.9 Å². The Hall–Kier alpha value is -2.44. The highest BCUT2D eigenvalue weighted by Gasteiger charge is 2.27. The normalized spacial score (nSPS) is 16.5. The smallest absolute Gasteiger partial charge is 0.410 e. The second-order valence-corrected chi connectivity index (χ2v) is 11.0. The first-order valence-corrected chi connectivity index (χ1v) is 12.9. The van der Waals surface area contributed by atoms with E-state index >= 15 is 0 Å². The van der Waals surface area contributed by atoms with Gasteiger partial charge in [-0.3, -0.25) is 0 Å². The Bertz CT molecular complexity index is 1170. The molecule has 6 nitrogen and oxygen atoms in total. The summed E-state index contributed by atoms with van der Waals surface area (Å²) in [5.74, 6) is 1.91. The van der Waals surface area contributed by atoms with Crippen LogP contribution in [0.2, 0.25) is 10.0 Å². The third-order valence-electron chi connectivity index (χ3n) is 6.15. The second-order valence-electron chi connectivity index (χ2n) is 10.1. The highest BCUT2D eigenvalue weighted by Crippen LogP contribution is 2.29. The zero-order valence-corrected chi connectivity index (χ0v) is 22.1. The Morgan fingerprint density at radius 2 is 1.97 bits per heavy atom. The molecule has 35 heavy (non-hydrogen) atoms. The van der Waals surface area contributed by atoms with E-state index in [1.165, 1.54) is 0 Å². The van der Waals surface area contributed by atoms with Gasteiger partial charge in [-0.15, -0.1) is 0 Å². The van der Waals surface area contributed by atoms with Crippen molar-refractivity contribution in [2.24, 2.45) is 5.92 Å². The summed E-state index contributed by atoms with van der Waals surface area (Å²) >= 11 is 12.3. The number of aryl methyl sites for hydroxylation is 1. The van der Waals surface area contributed by atoms with E-state index in [-0.39, 0.29) is 6.09 Å². The maximum absolute atomic E-state index is 12.5. The average Bonchev–Trinajstić information content (AvgIpc) is 3.15. The first-order chi connectivity index (χ1) is 16.7. The number of rotatable bonds is 7. The maximum Gasteiger partial charge on any atom is 0.410 e. The topological polar surface area (TPSA) is 56.6 Å². The Kier molecular flexibility index (Phi) is 8.12. The molecule has 0 N–H and O–H groups in total. The minimum absolute atomic E-state index is 0.205. The Morgan fingerprint density at radius 3 is 2.74 bits per heavy atom. The predicted octanol–water partition coefficient (Wildman–Crippen LogP) is 7.35. The number of nitrogens with zero attached hydrogens (tertiary/aromatic N) is 3. The standard InChI is InChI=1S/C27H33Cl2N3O3/c1-27(2,3)35-26(33)31-14-6-8-19(17-31)9-7-15-32-23-11-5-4-10-22(23)30-25(32)18-34-24-13-12-20(28)16-21(24)29/h4-5,10-13,16,19H,6-9,14-15,17-18H2,1-3H3. The minimum atomic E-state index is -0.471. The van der Waals surface area contributed by atoms with Crippen molar-refractivity contribution in [2.45, 2.75) is 65.2 Å². The molecule has 0 bridgehead atoms. The van der Waals surface area contributed by atoms with Gasteiger partial charge in [-0.1, -0.05) is 35.3 Å². The van der Waals surface area contributed by atoms with Crippen LogP contribution in [-0.4, -0.2) is 39.2 Å². The predicted molar refractivity (Wildman–Crippen MR) is 140 cm³/mol. The number of imidazole rings is 1. The van der Waals surface area contributed by atoms with Gasteiger partial charge in [-0.2, -0.15) is 0 Å². The molecule has 2 aromatic carbocycles. The van der Waals surface area contributed by atoms with Crippen molar-refractivity contribution in [1.29, 1.82) is 0 Å². The molecule has 1 amide bonds. The number of fused-ring (bicyclic) bond motifs is 1. The molecule has 0 spiro atoms. The fourth-order valence-corrected chi connectivity index (χ4v) is 5.01. The summed E-state index contributed by atoms with van der Waals surface area (Å²) in [4.78, 5) is 19.2. The number of carbonyl (C=O) groups is 1. The van der Waals surface area contributed by atoms with Crippen molar-refractivity contribution < 1.29 is 14.3 Å². The molecule has 2 heterocycles. The number of hydrogen-bond donors (Lipinski definition) is 0. The van der Waals surface area contributed by atoms with Gasteiger partial charge in [0.25, 0.3) is 0 Å². The summed E-state index contributed by atoms with van der Waals surface area (Å²) in [6, 6.07) is 13.3. The van der Waals surface area contributed by atoms with Gasteiger partial charge in [0.15, 0.2) is 0 Å². The molecule has 4 rings (SSSR count). The van der Waals surface area contributed by atoms with Crippen LogP contribution in [0, 0.1) is 5.92 Å². The van der Waals surface area contributed by atoms with Crippen LogP contribution < -0.4 is 4.74 Å². The number of halogens is 2. The third-order valence-corrected chi connectivity index (χ3v) is 6.68. The van der Waals surface area contributed by atoms with Crippen molar-refractivity contribution in [3.05, 3.63) is 58.3 Å². The molecular weight excluding hydrogens is 485 g/mol. The number of para-hydroxylation sites is 2.